The summed E-state index contributed by atoms with van der Waals surface area (Å²) < 4.78 is 34.8. The van der Waals surface area contributed by atoms with Crippen LogP contribution in [0, 0.1) is 18.6 Å². The lowest BCUT2D eigenvalue weighted by atomic mass is 9.96. The molecule has 0 bridgehead atoms. The molecule has 2 aromatic carbocycles. The van der Waals surface area contributed by atoms with Crippen molar-refractivity contribution >= 4 is 22.0 Å². The molecule has 0 unspecified atom stereocenters. The summed E-state index contributed by atoms with van der Waals surface area (Å²) in [5.41, 5.74) is 0.803. The Morgan fingerprint density at radius 2 is 1.70 bits per heavy atom. The van der Waals surface area contributed by atoms with Crippen LogP contribution in [0.1, 0.15) is 30.5 Å². The lowest BCUT2D eigenvalue weighted by Crippen LogP contribution is -2.30. The monoisotopic (exact) mass is 410 g/mol. The number of halogens is 2. The maximum atomic E-state index is 15.0. The number of hydrogen-bond donors (Lipinski definition) is 1. The summed E-state index contributed by atoms with van der Waals surface area (Å²) in [6.07, 6.45) is 1.72. The Balaban J connectivity index is 1.61. The lowest BCUT2D eigenvalue weighted by molar-refractivity contribution is 0.251. The number of hydrogen-bond acceptors (Lipinski definition) is 5. The molecule has 5 rings (SSSR count). The first-order valence-corrected chi connectivity index (χ1v) is 9.88. The van der Waals surface area contributed by atoms with E-state index in [1.54, 1.807) is 13.0 Å². The van der Waals surface area contributed by atoms with Crippen LogP contribution in [0.3, 0.4) is 0 Å². The number of aryl methyl sites for hydroxylation is 1. The molecule has 30 heavy (non-hydrogen) atoms. The highest BCUT2D eigenvalue weighted by Gasteiger charge is 2.22. The van der Waals surface area contributed by atoms with Crippen LogP contribution in [-0.2, 0) is 0 Å². The van der Waals surface area contributed by atoms with Crippen LogP contribution in [-0.4, -0.2) is 40.0 Å². The predicted octanol–water partition coefficient (Wildman–Crippen LogP) is 4.13. The van der Waals surface area contributed by atoms with Gasteiger partial charge in [0.25, 0.3) is 5.56 Å². The van der Waals surface area contributed by atoms with E-state index in [-0.39, 0.29) is 27.9 Å². The van der Waals surface area contributed by atoms with Crippen molar-refractivity contribution in [2.24, 2.45) is 0 Å². The second-order valence-corrected chi connectivity index (χ2v) is 7.92. The van der Waals surface area contributed by atoms with Crippen molar-refractivity contribution in [1.29, 1.82) is 0 Å². The Hall–Kier alpha value is -3.13. The first-order chi connectivity index (χ1) is 14.4. The van der Waals surface area contributed by atoms with Crippen LogP contribution in [0.2, 0.25) is 0 Å². The molecular formula is C22H20F2N4O2. The van der Waals surface area contributed by atoms with Crippen molar-refractivity contribution < 1.29 is 13.2 Å². The van der Waals surface area contributed by atoms with Crippen molar-refractivity contribution in [1.82, 2.24) is 19.9 Å². The highest BCUT2D eigenvalue weighted by atomic mass is 19.1. The minimum absolute atomic E-state index is 0.0356. The van der Waals surface area contributed by atoms with E-state index >= 15 is 0 Å². The zero-order valence-electron chi connectivity index (χ0n) is 16.6. The molecule has 3 heterocycles. The van der Waals surface area contributed by atoms with Crippen LogP contribution in [0.15, 0.2) is 33.5 Å². The summed E-state index contributed by atoms with van der Waals surface area (Å²) in [5, 5.41) is 0.135. The van der Waals surface area contributed by atoms with E-state index in [0.29, 0.717) is 22.8 Å². The number of aromatic amines is 1. The van der Waals surface area contributed by atoms with Gasteiger partial charge in [-0.25, -0.2) is 18.7 Å². The normalized spacial score (nSPS) is 16.0. The summed E-state index contributed by atoms with van der Waals surface area (Å²) in [5.74, 6) is -0.213. The van der Waals surface area contributed by atoms with E-state index in [9.17, 15) is 13.6 Å². The highest BCUT2D eigenvalue weighted by Crippen LogP contribution is 2.31. The van der Waals surface area contributed by atoms with Crippen molar-refractivity contribution in [3.63, 3.8) is 0 Å². The summed E-state index contributed by atoms with van der Waals surface area (Å²) in [7, 11) is 2.05. The number of fused-ring (bicyclic) bond motifs is 2. The summed E-state index contributed by atoms with van der Waals surface area (Å²) in [6, 6.07) is 5.66. The Morgan fingerprint density at radius 1 is 1.03 bits per heavy atom. The van der Waals surface area contributed by atoms with Gasteiger partial charge < -0.3 is 14.3 Å². The third-order valence-corrected chi connectivity index (χ3v) is 5.78. The topological polar surface area (TPSA) is 75.0 Å². The minimum atomic E-state index is -0.614. The fourth-order valence-electron chi connectivity index (χ4n) is 4.13. The van der Waals surface area contributed by atoms with Crippen LogP contribution >= 0.6 is 0 Å². The number of piperidine rings is 1. The summed E-state index contributed by atoms with van der Waals surface area (Å²) >= 11 is 0. The van der Waals surface area contributed by atoms with Crippen LogP contribution in [0.5, 0.6) is 0 Å². The average Bonchev–Trinajstić information content (AvgIpc) is 3.10. The molecule has 0 atom stereocenters. The van der Waals surface area contributed by atoms with Gasteiger partial charge in [-0.3, -0.25) is 4.79 Å². The number of likely N-dealkylation sites (tertiary alicyclic amines) is 1. The molecule has 2 aromatic heterocycles. The Labute approximate surface area is 170 Å². The Bertz CT molecular complexity index is 1340. The van der Waals surface area contributed by atoms with Gasteiger partial charge in [-0.15, -0.1) is 0 Å². The van der Waals surface area contributed by atoms with Gasteiger partial charge in [0.05, 0.1) is 5.39 Å². The standard InChI is InChI=1S/C22H20F2N4O2/c1-11-25-20-17(24)9-14(10-18(20)30-11)13-7-15-19(16(23)8-13)26-21(27-22(15)29)12-3-5-28(2)6-4-12/h7-10,12H,3-6H2,1-2H3,(H,26,27,29). The number of H-pyrrole nitrogens is 1. The summed E-state index contributed by atoms with van der Waals surface area (Å²) in [4.78, 5) is 26.2. The molecule has 0 saturated carbocycles. The van der Waals surface area contributed by atoms with Crippen molar-refractivity contribution in [3.8, 4) is 11.1 Å². The average molecular weight is 410 g/mol. The third kappa shape index (κ3) is 3.17. The molecule has 0 spiro atoms. The smallest absolute Gasteiger partial charge is 0.258 e. The minimum Gasteiger partial charge on any atom is -0.441 e. The van der Waals surface area contributed by atoms with E-state index in [2.05, 4.69) is 19.9 Å². The Morgan fingerprint density at radius 3 is 2.43 bits per heavy atom. The van der Waals surface area contributed by atoms with Crippen LogP contribution in [0.4, 0.5) is 8.78 Å². The molecule has 1 N–H and O–H groups in total. The first-order valence-electron chi connectivity index (χ1n) is 9.88. The molecule has 1 saturated heterocycles. The van der Waals surface area contributed by atoms with E-state index in [1.165, 1.54) is 18.2 Å². The molecule has 154 valence electrons. The molecule has 1 fully saturated rings. The number of rotatable bonds is 2. The van der Waals surface area contributed by atoms with Gasteiger partial charge in [-0.05, 0) is 68.4 Å². The van der Waals surface area contributed by atoms with Crippen molar-refractivity contribution in [2.45, 2.75) is 25.7 Å². The molecule has 1 aliphatic rings. The van der Waals surface area contributed by atoms with Crippen LogP contribution < -0.4 is 5.56 Å². The fraction of sp³-hybridized carbons (Fsp3) is 0.318. The number of nitrogens with zero attached hydrogens (tertiary/aromatic N) is 3. The number of aromatic nitrogens is 3. The second kappa shape index (κ2) is 6.98. The maximum Gasteiger partial charge on any atom is 0.258 e. The molecule has 4 aromatic rings. The van der Waals surface area contributed by atoms with Crippen LogP contribution in [0.25, 0.3) is 33.1 Å². The number of nitrogens with one attached hydrogen (secondary N) is 1. The molecule has 0 amide bonds. The van der Waals surface area contributed by atoms with Crippen molar-refractivity contribution in [3.05, 3.63) is 58.0 Å². The zero-order chi connectivity index (χ0) is 21.0. The van der Waals surface area contributed by atoms with E-state index in [4.69, 9.17) is 4.42 Å². The van der Waals surface area contributed by atoms with Gasteiger partial charge in [0, 0.05) is 12.8 Å². The zero-order valence-corrected chi connectivity index (χ0v) is 16.6. The highest BCUT2D eigenvalue weighted by molar-refractivity contribution is 5.87. The third-order valence-electron chi connectivity index (χ3n) is 5.78. The molecule has 0 radical (unpaired) electrons. The number of oxazole rings is 1. The van der Waals surface area contributed by atoms with Gasteiger partial charge in [0.2, 0.25) is 0 Å². The largest absolute Gasteiger partial charge is 0.441 e. The molecule has 6 nitrogen and oxygen atoms in total. The molecule has 8 heteroatoms. The van der Waals surface area contributed by atoms with E-state index in [0.717, 1.165) is 25.9 Å². The maximum absolute atomic E-state index is 15.0. The molecular weight excluding hydrogens is 390 g/mol. The lowest BCUT2D eigenvalue weighted by Gasteiger charge is -2.28. The molecule has 0 aliphatic carbocycles. The first kappa shape index (κ1) is 18.9. The van der Waals surface area contributed by atoms with E-state index < -0.39 is 17.2 Å². The Kier molecular flexibility index (Phi) is 4.39. The SMILES string of the molecule is Cc1nc2c(F)cc(-c3cc(F)c4nc(C5CCN(C)CC5)[nH]c(=O)c4c3)cc2o1. The predicted molar refractivity (Wildman–Crippen MR) is 109 cm³/mol. The van der Waals surface area contributed by atoms with Gasteiger partial charge in [-0.1, -0.05) is 0 Å². The number of benzene rings is 2. The van der Waals surface area contributed by atoms with E-state index in [1.807, 2.05) is 7.05 Å². The van der Waals surface area contributed by atoms with Gasteiger partial charge >= 0.3 is 0 Å². The van der Waals surface area contributed by atoms with Gasteiger partial charge in [0.1, 0.15) is 22.7 Å². The summed E-state index contributed by atoms with van der Waals surface area (Å²) in [6.45, 7) is 3.44. The fourth-order valence-corrected chi connectivity index (χ4v) is 4.13. The van der Waals surface area contributed by atoms with Gasteiger partial charge in [-0.2, -0.15) is 0 Å². The van der Waals surface area contributed by atoms with Gasteiger partial charge in [0.15, 0.2) is 17.3 Å². The van der Waals surface area contributed by atoms with Crippen molar-refractivity contribution in [2.75, 3.05) is 20.1 Å². The second-order valence-electron chi connectivity index (χ2n) is 7.92. The molecule has 1 aliphatic heterocycles. The quantitative estimate of drug-likeness (QED) is 0.538.